The smallest absolute Gasteiger partial charge is 0.254 e. The minimum Gasteiger partial charge on any atom is -0.508 e. The molecule has 1 aliphatic rings. The van der Waals surface area contributed by atoms with Crippen molar-refractivity contribution in [3.05, 3.63) is 108 Å². The Bertz CT molecular complexity index is 1660. The second-order valence-electron chi connectivity index (χ2n) is 9.42. The summed E-state index contributed by atoms with van der Waals surface area (Å²) in [5.41, 5.74) is 3.62. The van der Waals surface area contributed by atoms with Crippen LogP contribution in [-0.2, 0) is 0 Å². The number of aromatic hydroxyl groups is 2. The van der Waals surface area contributed by atoms with E-state index >= 15 is 0 Å². The number of carbonyl (C=O) groups is 2. The van der Waals surface area contributed by atoms with Gasteiger partial charge in [0.15, 0.2) is 5.78 Å². The number of benzene rings is 3. The zero-order chi connectivity index (χ0) is 26.9. The highest BCUT2D eigenvalue weighted by Gasteiger charge is 2.24. The van der Waals surface area contributed by atoms with E-state index in [4.69, 9.17) is 0 Å². The molecule has 0 radical (unpaired) electrons. The molecule has 1 fully saturated rings. The van der Waals surface area contributed by atoms with Gasteiger partial charge in [-0.3, -0.25) is 14.6 Å². The molecular weight excluding hydrogens is 510 g/mol. The van der Waals surface area contributed by atoms with E-state index in [1.807, 2.05) is 29.2 Å². The first-order valence-corrected chi connectivity index (χ1v) is 13.4. The molecular formula is C31H25N3O4S. The van der Waals surface area contributed by atoms with Gasteiger partial charge in [0.1, 0.15) is 11.5 Å². The number of fused-ring (bicyclic) bond motifs is 1. The third-order valence-electron chi connectivity index (χ3n) is 7.02. The number of rotatable bonds is 5. The standard InChI is InChI=1S/C31H25N3O4S/c35-24-7-3-21(4-8-24)30-28(26-10-9-25(36)19-27(26)39-30)29(37)20-1-5-23(6-2-20)33-15-17-34(18-16-33)31(38)22-11-13-32-14-12-22/h1-14,19,35-36H,15-18H2. The third kappa shape index (κ3) is 4.82. The average Bonchev–Trinajstić information content (AvgIpc) is 3.36. The van der Waals surface area contributed by atoms with Crippen molar-refractivity contribution < 1.29 is 19.8 Å². The average molecular weight is 536 g/mol. The molecule has 1 saturated heterocycles. The van der Waals surface area contributed by atoms with Crippen LogP contribution in [0.1, 0.15) is 26.3 Å². The minimum absolute atomic E-state index is 0.0127. The minimum atomic E-state index is -0.102. The Kier molecular flexibility index (Phi) is 6.46. The number of piperazine rings is 1. The number of nitrogens with zero attached hydrogens (tertiary/aromatic N) is 3. The second kappa shape index (κ2) is 10.2. The molecule has 0 atom stereocenters. The Morgan fingerprint density at radius 3 is 2.10 bits per heavy atom. The summed E-state index contributed by atoms with van der Waals surface area (Å²) in [4.78, 5) is 35.4. The summed E-state index contributed by atoms with van der Waals surface area (Å²) in [7, 11) is 0. The number of anilines is 1. The van der Waals surface area contributed by atoms with Gasteiger partial charge < -0.3 is 20.0 Å². The molecule has 8 heteroatoms. The lowest BCUT2D eigenvalue weighted by atomic mass is 9.97. The Hall–Kier alpha value is -4.69. The van der Waals surface area contributed by atoms with E-state index in [0.29, 0.717) is 42.9 Å². The number of ketones is 1. The van der Waals surface area contributed by atoms with Crippen LogP contribution in [0.2, 0.25) is 0 Å². The van der Waals surface area contributed by atoms with Gasteiger partial charge in [-0.05, 0) is 84.4 Å². The second-order valence-corrected chi connectivity index (χ2v) is 10.5. The lowest BCUT2D eigenvalue weighted by Crippen LogP contribution is -2.48. The molecule has 0 saturated carbocycles. The van der Waals surface area contributed by atoms with Crippen LogP contribution in [0.25, 0.3) is 20.5 Å². The van der Waals surface area contributed by atoms with E-state index in [0.717, 1.165) is 26.2 Å². The first-order chi connectivity index (χ1) is 19.0. The summed E-state index contributed by atoms with van der Waals surface area (Å²) in [5.74, 6) is 0.212. The molecule has 1 amide bonds. The van der Waals surface area contributed by atoms with Crippen LogP contribution >= 0.6 is 11.3 Å². The molecule has 0 aliphatic carbocycles. The van der Waals surface area contributed by atoms with Crippen LogP contribution in [0.15, 0.2) is 91.3 Å². The molecule has 2 aromatic heterocycles. The Balaban J connectivity index is 1.23. The normalized spacial score (nSPS) is 13.5. The highest BCUT2D eigenvalue weighted by molar-refractivity contribution is 7.22. The molecule has 5 aromatic rings. The molecule has 0 unspecified atom stereocenters. The Morgan fingerprint density at radius 2 is 1.41 bits per heavy atom. The van der Waals surface area contributed by atoms with E-state index in [9.17, 15) is 19.8 Å². The van der Waals surface area contributed by atoms with E-state index < -0.39 is 0 Å². The highest BCUT2D eigenvalue weighted by Crippen LogP contribution is 2.41. The van der Waals surface area contributed by atoms with E-state index in [-0.39, 0.29) is 23.2 Å². The van der Waals surface area contributed by atoms with Crippen molar-refractivity contribution in [3.8, 4) is 21.9 Å². The maximum Gasteiger partial charge on any atom is 0.254 e. The number of phenolic OH excluding ortho intramolecular Hbond substituents is 2. The van der Waals surface area contributed by atoms with E-state index in [1.54, 1.807) is 67.0 Å². The van der Waals surface area contributed by atoms with Crippen molar-refractivity contribution in [3.63, 3.8) is 0 Å². The Morgan fingerprint density at radius 1 is 0.744 bits per heavy atom. The molecule has 0 bridgehead atoms. The molecule has 2 N–H and O–H groups in total. The molecule has 194 valence electrons. The fraction of sp³-hybridized carbons (Fsp3) is 0.129. The molecule has 3 heterocycles. The predicted molar refractivity (Wildman–Crippen MR) is 153 cm³/mol. The van der Waals surface area contributed by atoms with Crippen LogP contribution in [0, 0.1) is 0 Å². The van der Waals surface area contributed by atoms with Crippen LogP contribution in [-0.4, -0.2) is 58.0 Å². The van der Waals surface area contributed by atoms with Gasteiger partial charge in [-0.2, -0.15) is 0 Å². The largest absolute Gasteiger partial charge is 0.508 e. The lowest BCUT2D eigenvalue weighted by Gasteiger charge is -2.36. The van der Waals surface area contributed by atoms with Gasteiger partial charge in [-0.1, -0.05) is 0 Å². The van der Waals surface area contributed by atoms with Crippen molar-refractivity contribution >= 4 is 38.8 Å². The molecule has 0 spiro atoms. The molecule has 1 aliphatic heterocycles. The molecule has 7 nitrogen and oxygen atoms in total. The molecule has 39 heavy (non-hydrogen) atoms. The van der Waals surface area contributed by atoms with Gasteiger partial charge in [0.2, 0.25) is 0 Å². The first-order valence-electron chi connectivity index (χ1n) is 12.6. The number of pyridine rings is 1. The van der Waals surface area contributed by atoms with Crippen LogP contribution in [0.3, 0.4) is 0 Å². The summed E-state index contributed by atoms with van der Waals surface area (Å²) in [6.07, 6.45) is 3.26. The fourth-order valence-electron chi connectivity index (χ4n) is 4.94. The third-order valence-corrected chi connectivity index (χ3v) is 8.22. The fourth-order valence-corrected chi connectivity index (χ4v) is 6.18. The van der Waals surface area contributed by atoms with Crippen LogP contribution < -0.4 is 4.90 Å². The van der Waals surface area contributed by atoms with Gasteiger partial charge in [-0.15, -0.1) is 11.3 Å². The first kappa shape index (κ1) is 24.6. The number of phenols is 2. The van der Waals surface area contributed by atoms with Gasteiger partial charge in [-0.25, -0.2) is 0 Å². The van der Waals surface area contributed by atoms with Gasteiger partial charge in [0.05, 0.1) is 0 Å². The van der Waals surface area contributed by atoms with Crippen molar-refractivity contribution in [2.45, 2.75) is 0 Å². The monoisotopic (exact) mass is 535 g/mol. The Labute approximate surface area is 229 Å². The maximum absolute atomic E-state index is 13.8. The number of hydrogen-bond acceptors (Lipinski definition) is 7. The number of carbonyl (C=O) groups excluding carboxylic acids is 2. The summed E-state index contributed by atoms with van der Waals surface area (Å²) in [6.45, 7) is 2.64. The van der Waals surface area contributed by atoms with Crippen molar-refractivity contribution in [2.75, 3.05) is 31.1 Å². The SMILES string of the molecule is O=C(c1ccc(N2CCN(C(=O)c3ccncc3)CC2)cc1)c1c(-c2ccc(O)cc2)sc2cc(O)ccc12. The van der Waals surface area contributed by atoms with Crippen LogP contribution in [0.4, 0.5) is 5.69 Å². The van der Waals surface area contributed by atoms with Crippen LogP contribution in [0.5, 0.6) is 11.5 Å². The quantitative estimate of drug-likeness (QED) is 0.286. The summed E-state index contributed by atoms with van der Waals surface area (Å²) in [6, 6.07) is 22.9. The zero-order valence-electron chi connectivity index (χ0n) is 20.9. The molecule has 3 aromatic carbocycles. The molecule has 6 rings (SSSR count). The van der Waals surface area contributed by atoms with Crippen molar-refractivity contribution in [2.24, 2.45) is 0 Å². The topological polar surface area (TPSA) is 94.0 Å². The summed E-state index contributed by atoms with van der Waals surface area (Å²) in [5, 5.41) is 20.5. The van der Waals surface area contributed by atoms with E-state index in [1.165, 1.54) is 11.3 Å². The predicted octanol–water partition coefficient (Wildman–Crippen LogP) is 5.57. The maximum atomic E-state index is 13.8. The number of amides is 1. The van der Waals surface area contributed by atoms with Crippen molar-refractivity contribution in [1.29, 1.82) is 0 Å². The van der Waals surface area contributed by atoms with Gasteiger partial charge in [0, 0.05) is 75.9 Å². The number of hydrogen-bond donors (Lipinski definition) is 2. The van der Waals surface area contributed by atoms with E-state index in [2.05, 4.69) is 9.88 Å². The van der Waals surface area contributed by atoms with Gasteiger partial charge in [0.25, 0.3) is 5.91 Å². The highest BCUT2D eigenvalue weighted by atomic mass is 32.1. The van der Waals surface area contributed by atoms with Crippen molar-refractivity contribution in [1.82, 2.24) is 9.88 Å². The zero-order valence-corrected chi connectivity index (χ0v) is 21.8. The summed E-state index contributed by atoms with van der Waals surface area (Å²) >= 11 is 1.44. The lowest BCUT2D eigenvalue weighted by molar-refractivity contribution is 0.0746. The summed E-state index contributed by atoms with van der Waals surface area (Å²) < 4.78 is 0.817. The number of thiophene rings is 1. The van der Waals surface area contributed by atoms with Gasteiger partial charge >= 0.3 is 0 Å². The number of aromatic nitrogens is 1.